The van der Waals surface area contributed by atoms with Crippen molar-refractivity contribution in [2.45, 2.75) is 64.7 Å². The van der Waals surface area contributed by atoms with E-state index in [9.17, 15) is 0 Å². The second-order valence-corrected chi connectivity index (χ2v) is 7.30. The van der Waals surface area contributed by atoms with Gasteiger partial charge in [0.2, 0.25) is 5.89 Å². The van der Waals surface area contributed by atoms with Crippen molar-refractivity contribution in [3.63, 3.8) is 0 Å². The molecule has 1 saturated heterocycles. The zero-order valence-corrected chi connectivity index (χ0v) is 13.5. The highest BCUT2D eigenvalue weighted by atomic mass is 16.5. The minimum atomic E-state index is 0.533. The molecule has 1 aliphatic heterocycles. The molecule has 118 valence electrons. The Hall–Kier alpha value is -0.900. The van der Waals surface area contributed by atoms with Crippen molar-refractivity contribution in [3.05, 3.63) is 11.7 Å². The van der Waals surface area contributed by atoms with Gasteiger partial charge in [0.1, 0.15) is 0 Å². The van der Waals surface area contributed by atoms with Crippen molar-refractivity contribution < 1.29 is 4.52 Å². The van der Waals surface area contributed by atoms with E-state index < -0.39 is 0 Å². The van der Waals surface area contributed by atoms with Gasteiger partial charge in [0.25, 0.3) is 0 Å². The molecule has 2 heterocycles. The van der Waals surface area contributed by atoms with E-state index in [4.69, 9.17) is 4.52 Å². The van der Waals surface area contributed by atoms with E-state index in [1.807, 2.05) is 0 Å². The highest BCUT2D eigenvalue weighted by Crippen LogP contribution is 2.37. The van der Waals surface area contributed by atoms with Crippen LogP contribution in [0.5, 0.6) is 0 Å². The molecule has 1 aromatic heterocycles. The molecule has 1 N–H and O–H groups in total. The Balaban J connectivity index is 1.48. The molecule has 0 aromatic carbocycles. The summed E-state index contributed by atoms with van der Waals surface area (Å²) in [6.07, 6.45) is 8.51. The summed E-state index contributed by atoms with van der Waals surface area (Å²) in [6, 6.07) is 0. The summed E-state index contributed by atoms with van der Waals surface area (Å²) in [4.78, 5) is 4.67. The Morgan fingerprint density at radius 1 is 1.19 bits per heavy atom. The first-order valence-corrected chi connectivity index (χ1v) is 8.75. The first-order valence-electron chi connectivity index (χ1n) is 8.75. The van der Waals surface area contributed by atoms with Crippen molar-refractivity contribution in [2.75, 3.05) is 13.1 Å². The Morgan fingerprint density at radius 3 is 2.67 bits per heavy atom. The van der Waals surface area contributed by atoms with Gasteiger partial charge in [-0.3, -0.25) is 0 Å². The van der Waals surface area contributed by atoms with E-state index in [1.165, 1.54) is 45.1 Å². The average molecular weight is 291 g/mol. The third-order valence-corrected chi connectivity index (χ3v) is 5.49. The molecule has 0 amide bonds. The Morgan fingerprint density at radius 2 is 2.00 bits per heavy atom. The minimum absolute atomic E-state index is 0.533. The standard InChI is InChI=1S/C17H29N3O/c1-12(2)14-4-6-15(7-5-14)17-19-16(21-20-17)8-3-13-9-10-18-11-13/h12-15,18H,3-11H2,1-2H3. The second-order valence-electron chi connectivity index (χ2n) is 7.30. The lowest BCUT2D eigenvalue weighted by atomic mass is 9.77. The van der Waals surface area contributed by atoms with Crippen LogP contribution in [0.3, 0.4) is 0 Å². The number of hydrogen-bond acceptors (Lipinski definition) is 4. The number of aromatic nitrogens is 2. The zero-order valence-electron chi connectivity index (χ0n) is 13.5. The molecule has 3 rings (SSSR count). The van der Waals surface area contributed by atoms with Crippen LogP contribution < -0.4 is 5.32 Å². The predicted molar refractivity (Wildman–Crippen MR) is 83.1 cm³/mol. The van der Waals surface area contributed by atoms with Crippen LogP contribution in [-0.2, 0) is 6.42 Å². The van der Waals surface area contributed by atoms with E-state index >= 15 is 0 Å². The molecule has 0 bridgehead atoms. The van der Waals surface area contributed by atoms with Gasteiger partial charge in [-0.05, 0) is 69.4 Å². The predicted octanol–water partition coefficient (Wildman–Crippen LogP) is 3.54. The molecule has 0 radical (unpaired) electrons. The van der Waals surface area contributed by atoms with Crippen LogP contribution in [0.1, 0.15) is 70.0 Å². The topological polar surface area (TPSA) is 51.0 Å². The molecule has 1 atom stereocenters. The van der Waals surface area contributed by atoms with E-state index in [0.717, 1.165) is 42.4 Å². The fourth-order valence-corrected chi connectivity index (χ4v) is 3.87. The van der Waals surface area contributed by atoms with Crippen LogP contribution in [0.2, 0.25) is 0 Å². The van der Waals surface area contributed by atoms with Crippen LogP contribution in [-0.4, -0.2) is 23.2 Å². The number of rotatable bonds is 5. The highest BCUT2D eigenvalue weighted by Gasteiger charge is 2.27. The maximum atomic E-state index is 5.47. The molecule has 2 fully saturated rings. The quantitative estimate of drug-likeness (QED) is 0.901. The van der Waals surface area contributed by atoms with Crippen molar-refractivity contribution in [1.82, 2.24) is 15.5 Å². The van der Waals surface area contributed by atoms with Crippen molar-refractivity contribution in [2.24, 2.45) is 17.8 Å². The number of nitrogens with zero attached hydrogens (tertiary/aromatic N) is 2. The van der Waals surface area contributed by atoms with Crippen LogP contribution in [0.25, 0.3) is 0 Å². The monoisotopic (exact) mass is 291 g/mol. The molecule has 4 nitrogen and oxygen atoms in total. The van der Waals surface area contributed by atoms with Gasteiger partial charge in [-0.1, -0.05) is 19.0 Å². The first-order chi connectivity index (χ1) is 10.2. The summed E-state index contributed by atoms with van der Waals surface area (Å²) < 4.78 is 5.47. The van der Waals surface area contributed by atoms with Gasteiger partial charge in [-0.15, -0.1) is 0 Å². The molecular formula is C17H29N3O. The van der Waals surface area contributed by atoms with E-state index in [-0.39, 0.29) is 0 Å². The minimum Gasteiger partial charge on any atom is -0.339 e. The van der Waals surface area contributed by atoms with Gasteiger partial charge < -0.3 is 9.84 Å². The van der Waals surface area contributed by atoms with Crippen LogP contribution in [0.15, 0.2) is 4.52 Å². The van der Waals surface area contributed by atoms with Gasteiger partial charge in [0, 0.05) is 12.3 Å². The fourth-order valence-electron chi connectivity index (χ4n) is 3.87. The van der Waals surface area contributed by atoms with Crippen molar-refractivity contribution >= 4 is 0 Å². The lowest BCUT2D eigenvalue weighted by molar-refractivity contribution is 0.251. The molecule has 1 aliphatic carbocycles. The van der Waals surface area contributed by atoms with Crippen molar-refractivity contribution in [1.29, 1.82) is 0 Å². The smallest absolute Gasteiger partial charge is 0.226 e. The summed E-state index contributed by atoms with van der Waals surface area (Å²) in [5, 5.41) is 7.67. The van der Waals surface area contributed by atoms with Crippen LogP contribution in [0.4, 0.5) is 0 Å². The summed E-state index contributed by atoms with van der Waals surface area (Å²) in [5.41, 5.74) is 0. The molecular weight excluding hydrogens is 262 g/mol. The third-order valence-electron chi connectivity index (χ3n) is 5.49. The molecule has 1 saturated carbocycles. The van der Waals surface area contributed by atoms with E-state index in [2.05, 4.69) is 29.3 Å². The Labute approximate surface area is 128 Å². The summed E-state index contributed by atoms with van der Waals surface area (Å²) in [5.74, 6) is 4.85. The normalized spacial score (nSPS) is 30.1. The molecule has 4 heteroatoms. The molecule has 21 heavy (non-hydrogen) atoms. The summed E-state index contributed by atoms with van der Waals surface area (Å²) >= 11 is 0. The summed E-state index contributed by atoms with van der Waals surface area (Å²) in [6.45, 7) is 7.00. The van der Waals surface area contributed by atoms with E-state index in [0.29, 0.717) is 5.92 Å². The molecule has 0 spiro atoms. The molecule has 1 unspecified atom stereocenters. The fraction of sp³-hybridized carbons (Fsp3) is 0.882. The number of hydrogen-bond donors (Lipinski definition) is 1. The van der Waals surface area contributed by atoms with Gasteiger partial charge in [-0.25, -0.2) is 0 Å². The van der Waals surface area contributed by atoms with E-state index in [1.54, 1.807) is 0 Å². The average Bonchev–Trinajstić information content (AvgIpc) is 3.17. The Bertz CT molecular complexity index is 429. The van der Waals surface area contributed by atoms with Crippen LogP contribution in [0, 0.1) is 17.8 Å². The van der Waals surface area contributed by atoms with Crippen molar-refractivity contribution in [3.8, 4) is 0 Å². The first kappa shape index (κ1) is 15.0. The highest BCUT2D eigenvalue weighted by molar-refractivity contribution is 4.98. The van der Waals surface area contributed by atoms with Gasteiger partial charge in [-0.2, -0.15) is 4.98 Å². The largest absolute Gasteiger partial charge is 0.339 e. The number of aryl methyl sites for hydroxylation is 1. The SMILES string of the molecule is CC(C)C1CCC(c2noc(CCC3CCNC3)n2)CC1. The lowest BCUT2D eigenvalue weighted by Crippen LogP contribution is -2.18. The molecule has 2 aliphatic rings. The maximum Gasteiger partial charge on any atom is 0.226 e. The van der Waals surface area contributed by atoms with Gasteiger partial charge in [0.15, 0.2) is 5.82 Å². The van der Waals surface area contributed by atoms with Gasteiger partial charge >= 0.3 is 0 Å². The molecule has 1 aromatic rings. The van der Waals surface area contributed by atoms with Crippen LogP contribution >= 0.6 is 0 Å². The maximum absolute atomic E-state index is 5.47. The second kappa shape index (κ2) is 6.91. The summed E-state index contributed by atoms with van der Waals surface area (Å²) in [7, 11) is 0. The number of nitrogens with one attached hydrogen (secondary N) is 1. The Kier molecular flexibility index (Phi) is 4.94. The lowest BCUT2D eigenvalue weighted by Gasteiger charge is -2.29. The zero-order chi connectivity index (χ0) is 14.7. The van der Waals surface area contributed by atoms with Gasteiger partial charge in [0.05, 0.1) is 0 Å². The third kappa shape index (κ3) is 3.85.